The van der Waals surface area contributed by atoms with Crippen molar-refractivity contribution in [2.45, 2.75) is 19.8 Å². The predicted octanol–water partition coefficient (Wildman–Crippen LogP) is 2.58. The molecule has 0 bridgehead atoms. The molecule has 1 fully saturated rings. The average Bonchev–Trinajstić information content (AvgIpc) is 3.21. The number of nitrogens with zero attached hydrogens (tertiary/aromatic N) is 3. The topological polar surface area (TPSA) is 85.1 Å². The first-order valence-electron chi connectivity index (χ1n) is 9.39. The van der Waals surface area contributed by atoms with Gasteiger partial charge in [0.05, 0.1) is 19.9 Å². The summed E-state index contributed by atoms with van der Waals surface area (Å²) in [5, 5.41) is 0. The molecular weight excluding hydrogens is 362 g/mol. The molecule has 2 aromatic rings. The molecule has 0 saturated carbocycles. The van der Waals surface area contributed by atoms with Crippen LogP contribution in [-0.4, -0.2) is 66.7 Å². The van der Waals surface area contributed by atoms with Crippen molar-refractivity contribution in [3.05, 3.63) is 36.4 Å². The molecule has 1 aromatic carbocycles. The van der Waals surface area contributed by atoms with Crippen LogP contribution in [0.3, 0.4) is 0 Å². The molecular formula is C20H25N3O5. The molecule has 0 atom stereocenters. The predicted molar refractivity (Wildman–Crippen MR) is 102 cm³/mol. The summed E-state index contributed by atoms with van der Waals surface area (Å²) in [5.41, 5.74) is 0.875. The zero-order chi connectivity index (χ0) is 19.9. The van der Waals surface area contributed by atoms with Crippen molar-refractivity contribution in [3.63, 3.8) is 0 Å². The second kappa shape index (κ2) is 9.25. The van der Waals surface area contributed by atoms with Gasteiger partial charge in [0.1, 0.15) is 5.75 Å². The summed E-state index contributed by atoms with van der Waals surface area (Å²) in [6, 6.07) is 7.54. The van der Waals surface area contributed by atoms with Gasteiger partial charge >= 0.3 is 6.09 Å². The van der Waals surface area contributed by atoms with Crippen LogP contribution in [0.2, 0.25) is 0 Å². The van der Waals surface area contributed by atoms with E-state index in [9.17, 15) is 9.59 Å². The van der Waals surface area contributed by atoms with Crippen LogP contribution in [-0.2, 0) is 16.0 Å². The maximum atomic E-state index is 12.4. The first kappa shape index (κ1) is 19.7. The average molecular weight is 387 g/mol. The van der Waals surface area contributed by atoms with E-state index < -0.39 is 0 Å². The lowest BCUT2D eigenvalue weighted by atomic mass is 10.2. The van der Waals surface area contributed by atoms with Gasteiger partial charge in [-0.15, -0.1) is 0 Å². The highest BCUT2D eigenvalue weighted by atomic mass is 16.6. The number of benzene rings is 1. The summed E-state index contributed by atoms with van der Waals surface area (Å²) in [6.45, 7) is 4.13. The van der Waals surface area contributed by atoms with Crippen molar-refractivity contribution in [1.82, 2.24) is 14.8 Å². The summed E-state index contributed by atoms with van der Waals surface area (Å²) in [7, 11) is 1.61. The Morgan fingerprint density at radius 1 is 1.18 bits per heavy atom. The van der Waals surface area contributed by atoms with E-state index in [0.29, 0.717) is 57.3 Å². The highest BCUT2D eigenvalue weighted by molar-refractivity contribution is 5.77. The van der Waals surface area contributed by atoms with Crippen LogP contribution in [0.25, 0.3) is 11.3 Å². The van der Waals surface area contributed by atoms with Crippen LogP contribution in [0.4, 0.5) is 4.79 Å². The van der Waals surface area contributed by atoms with Gasteiger partial charge in [0.15, 0.2) is 11.7 Å². The zero-order valence-corrected chi connectivity index (χ0v) is 16.2. The molecule has 8 heteroatoms. The van der Waals surface area contributed by atoms with E-state index in [-0.39, 0.29) is 12.0 Å². The lowest BCUT2D eigenvalue weighted by molar-refractivity contribution is -0.132. The van der Waals surface area contributed by atoms with Crippen molar-refractivity contribution in [1.29, 1.82) is 0 Å². The maximum absolute atomic E-state index is 12.4. The number of rotatable bonds is 6. The Morgan fingerprint density at radius 3 is 2.64 bits per heavy atom. The molecule has 0 N–H and O–H groups in total. The fraction of sp³-hybridized carbons (Fsp3) is 0.450. The van der Waals surface area contributed by atoms with Crippen molar-refractivity contribution in [2.75, 3.05) is 39.9 Å². The first-order chi connectivity index (χ1) is 13.6. The second-order valence-corrected chi connectivity index (χ2v) is 6.42. The maximum Gasteiger partial charge on any atom is 0.409 e. The molecule has 1 aromatic heterocycles. The highest BCUT2D eigenvalue weighted by Gasteiger charge is 2.24. The fourth-order valence-electron chi connectivity index (χ4n) is 3.06. The molecule has 0 radical (unpaired) electrons. The summed E-state index contributed by atoms with van der Waals surface area (Å²) < 4.78 is 16.0. The van der Waals surface area contributed by atoms with Gasteiger partial charge in [-0.1, -0.05) is 12.1 Å². The van der Waals surface area contributed by atoms with E-state index in [1.165, 1.54) is 0 Å². The molecule has 0 spiro atoms. The van der Waals surface area contributed by atoms with Crippen molar-refractivity contribution < 1.29 is 23.5 Å². The quantitative estimate of drug-likeness (QED) is 0.757. The van der Waals surface area contributed by atoms with E-state index >= 15 is 0 Å². The van der Waals surface area contributed by atoms with Gasteiger partial charge in [0.2, 0.25) is 5.91 Å². The summed E-state index contributed by atoms with van der Waals surface area (Å²) >= 11 is 0. The van der Waals surface area contributed by atoms with Crippen LogP contribution in [0.15, 0.2) is 34.9 Å². The number of piperazine rings is 1. The number of hydrogen-bond acceptors (Lipinski definition) is 6. The highest BCUT2D eigenvalue weighted by Crippen LogP contribution is 2.24. The third-order valence-corrected chi connectivity index (χ3v) is 4.62. The SMILES string of the molecule is CCOC(=O)N1CCN(C(=O)CCc2ncc(-c3cccc(OC)c3)o2)CC1. The number of amides is 2. The Hall–Kier alpha value is -3.03. The van der Waals surface area contributed by atoms with E-state index in [2.05, 4.69) is 4.98 Å². The normalized spacial score (nSPS) is 14.1. The number of ether oxygens (including phenoxy) is 2. The third-order valence-electron chi connectivity index (χ3n) is 4.62. The van der Waals surface area contributed by atoms with Crippen LogP contribution in [0.5, 0.6) is 5.75 Å². The minimum atomic E-state index is -0.320. The molecule has 1 saturated heterocycles. The van der Waals surface area contributed by atoms with Crippen LogP contribution in [0, 0.1) is 0 Å². The Balaban J connectivity index is 1.49. The van der Waals surface area contributed by atoms with Crippen molar-refractivity contribution >= 4 is 12.0 Å². The van der Waals surface area contributed by atoms with Gasteiger partial charge in [-0.3, -0.25) is 4.79 Å². The van der Waals surface area contributed by atoms with Gasteiger partial charge < -0.3 is 23.7 Å². The van der Waals surface area contributed by atoms with E-state index in [1.54, 1.807) is 30.0 Å². The molecule has 0 aliphatic carbocycles. The van der Waals surface area contributed by atoms with Crippen LogP contribution in [0.1, 0.15) is 19.2 Å². The number of methoxy groups -OCH3 is 1. The van der Waals surface area contributed by atoms with E-state index in [1.807, 2.05) is 24.3 Å². The third kappa shape index (κ3) is 4.82. The Labute approximate surface area is 164 Å². The number of carbonyl (C=O) groups excluding carboxylic acids is 2. The summed E-state index contributed by atoms with van der Waals surface area (Å²) in [4.78, 5) is 31.8. The Kier molecular flexibility index (Phi) is 6.52. The van der Waals surface area contributed by atoms with Gasteiger partial charge in [0.25, 0.3) is 0 Å². The number of hydrogen-bond donors (Lipinski definition) is 0. The molecule has 2 amide bonds. The van der Waals surface area contributed by atoms with Gasteiger partial charge in [-0.05, 0) is 19.1 Å². The molecule has 1 aliphatic rings. The largest absolute Gasteiger partial charge is 0.497 e. The van der Waals surface area contributed by atoms with Gasteiger partial charge in [0, 0.05) is 44.6 Å². The number of aromatic nitrogens is 1. The van der Waals surface area contributed by atoms with Gasteiger partial charge in [-0.2, -0.15) is 0 Å². The summed E-state index contributed by atoms with van der Waals surface area (Å²) in [5.74, 6) is 1.94. The van der Waals surface area contributed by atoms with Crippen LogP contribution >= 0.6 is 0 Å². The lowest BCUT2D eigenvalue weighted by Gasteiger charge is -2.34. The molecule has 1 aliphatic heterocycles. The molecule has 2 heterocycles. The fourth-order valence-corrected chi connectivity index (χ4v) is 3.06. The zero-order valence-electron chi connectivity index (χ0n) is 16.2. The lowest BCUT2D eigenvalue weighted by Crippen LogP contribution is -2.50. The van der Waals surface area contributed by atoms with Crippen molar-refractivity contribution in [3.8, 4) is 17.1 Å². The summed E-state index contributed by atoms with van der Waals surface area (Å²) in [6.07, 6.45) is 2.09. The van der Waals surface area contributed by atoms with E-state index in [0.717, 1.165) is 11.3 Å². The monoisotopic (exact) mass is 387 g/mol. The van der Waals surface area contributed by atoms with Crippen LogP contribution < -0.4 is 4.74 Å². The Bertz CT molecular complexity index is 812. The van der Waals surface area contributed by atoms with Gasteiger partial charge in [-0.25, -0.2) is 9.78 Å². The Morgan fingerprint density at radius 2 is 1.93 bits per heavy atom. The number of carbonyl (C=O) groups is 2. The first-order valence-corrected chi connectivity index (χ1v) is 9.39. The number of oxazole rings is 1. The molecule has 3 rings (SSSR count). The second-order valence-electron chi connectivity index (χ2n) is 6.42. The minimum absolute atomic E-state index is 0.0321. The smallest absolute Gasteiger partial charge is 0.409 e. The molecule has 8 nitrogen and oxygen atoms in total. The number of aryl methyl sites for hydroxylation is 1. The minimum Gasteiger partial charge on any atom is -0.497 e. The molecule has 28 heavy (non-hydrogen) atoms. The standard InChI is InChI=1S/C20H25N3O5/c1-3-27-20(25)23-11-9-22(10-12-23)19(24)8-7-18-21-14-17(28-18)15-5-4-6-16(13-15)26-2/h4-6,13-14H,3,7-12H2,1-2H3. The molecule has 0 unspecified atom stereocenters. The van der Waals surface area contributed by atoms with E-state index in [4.69, 9.17) is 13.9 Å². The van der Waals surface area contributed by atoms with Crippen molar-refractivity contribution in [2.24, 2.45) is 0 Å². The molecule has 150 valence electrons.